The topological polar surface area (TPSA) is 25.8 Å². The summed E-state index contributed by atoms with van der Waals surface area (Å²) in [5.74, 6) is -0.238. The van der Waals surface area contributed by atoms with Crippen molar-refractivity contribution in [3.8, 4) is 0 Å². The molecule has 2 aromatic rings. The second-order valence-electron chi connectivity index (χ2n) is 3.00. The highest BCUT2D eigenvalue weighted by Crippen LogP contribution is 2.09. The van der Waals surface area contributed by atoms with E-state index in [1.807, 2.05) is 6.07 Å². The Bertz CT molecular complexity index is 466. The summed E-state index contributed by atoms with van der Waals surface area (Å²) in [6.45, 7) is 0. The van der Waals surface area contributed by atoms with E-state index in [4.69, 9.17) is 0 Å². The van der Waals surface area contributed by atoms with Gasteiger partial charge >= 0.3 is 0 Å². The summed E-state index contributed by atoms with van der Waals surface area (Å²) in [7, 11) is 0. The molecule has 0 unspecified atom stereocenters. The van der Waals surface area contributed by atoms with Crippen LogP contribution in [-0.4, -0.2) is 10.2 Å². The van der Waals surface area contributed by atoms with Crippen molar-refractivity contribution in [2.24, 2.45) is 0 Å². The van der Waals surface area contributed by atoms with E-state index < -0.39 is 0 Å². The van der Waals surface area contributed by atoms with Crippen LogP contribution in [0, 0.1) is 5.82 Å². The van der Waals surface area contributed by atoms with Crippen LogP contribution in [-0.2, 0) is 0 Å². The molecule has 1 aromatic carbocycles. The lowest BCUT2D eigenvalue weighted by Crippen LogP contribution is -1.83. The number of rotatable bonds is 2. The van der Waals surface area contributed by atoms with Crippen LogP contribution in [0.25, 0.3) is 12.2 Å². The fourth-order valence-corrected chi connectivity index (χ4v) is 1.19. The molecule has 0 saturated heterocycles. The second kappa shape index (κ2) is 4.46. The van der Waals surface area contributed by atoms with Crippen LogP contribution < -0.4 is 0 Å². The summed E-state index contributed by atoms with van der Waals surface area (Å²) in [4.78, 5) is 0. The molecule has 0 saturated carbocycles. The van der Waals surface area contributed by atoms with Crippen LogP contribution in [0.1, 0.15) is 11.3 Å². The van der Waals surface area contributed by atoms with Gasteiger partial charge in [0.2, 0.25) is 0 Å². The lowest BCUT2D eigenvalue weighted by molar-refractivity contribution is 0.625. The fourth-order valence-electron chi connectivity index (χ4n) is 1.19. The van der Waals surface area contributed by atoms with E-state index in [2.05, 4.69) is 10.2 Å². The van der Waals surface area contributed by atoms with Gasteiger partial charge in [-0.2, -0.15) is 10.2 Å². The maximum absolute atomic E-state index is 13.2. The van der Waals surface area contributed by atoms with Crippen LogP contribution in [0.4, 0.5) is 4.39 Å². The molecular weight excluding hydrogens is 191 g/mol. The average molecular weight is 200 g/mol. The molecule has 0 aliphatic heterocycles. The van der Waals surface area contributed by atoms with Gasteiger partial charge < -0.3 is 0 Å². The van der Waals surface area contributed by atoms with Crippen LogP contribution in [0.3, 0.4) is 0 Å². The summed E-state index contributed by atoms with van der Waals surface area (Å²) in [5, 5.41) is 7.59. The Hall–Kier alpha value is -2.03. The Morgan fingerprint density at radius 1 is 1.00 bits per heavy atom. The lowest BCUT2D eigenvalue weighted by Gasteiger charge is -1.94. The van der Waals surface area contributed by atoms with E-state index in [0.29, 0.717) is 11.3 Å². The first kappa shape index (κ1) is 9.52. The second-order valence-corrected chi connectivity index (χ2v) is 3.00. The standard InChI is InChI=1S/C12H9FN2/c13-12-6-2-1-4-10(12)7-8-11-5-3-9-14-15-11/h1-9H/b8-7+. The van der Waals surface area contributed by atoms with E-state index in [1.54, 1.807) is 42.6 Å². The smallest absolute Gasteiger partial charge is 0.130 e. The number of benzene rings is 1. The summed E-state index contributed by atoms with van der Waals surface area (Å²) < 4.78 is 13.2. The highest BCUT2D eigenvalue weighted by atomic mass is 19.1. The number of aromatic nitrogens is 2. The summed E-state index contributed by atoms with van der Waals surface area (Å²) in [6.07, 6.45) is 5.01. The van der Waals surface area contributed by atoms with E-state index in [9.17, 15) is 4.39 Å². The molecule has 2 rings (SSSR count). The normalized spacial score (nSPS) is 10.7. The van der Waals surface area contributed by atoms with E-state index in [-0.39, 0.29) is 5.82 Å². The molecule has 0 N–H and O–H groups in total. The molecule has 0 aliphatic carbocycles. The molecule has 2 nitrogen and oxygen atoms in total. The van der Waals surface area contributed by atoms with Crippen molar-refractivity contribution < 1.29 is 4.39 Å². The van der Waals surface area contributed by atoms with Crippen LogP contribution in [0.5, 0.6) is 0 Å². The zero-order chi connectivity index (χ0) is 10.5. The van der Waals surface area contributed by atoms with Crippen LogP contribution >= 0.6 is 0 Å². The van der Waals surface area contributed by atoms with Gasteiger partial charge in [-0.25, -0.2) is 4.39 Å². The van der Waals surface area contributed by atoms with Crippen molar-refractivity contribution in [3.05, 3.63) is 59.7 Å². The van der Waals surface area contributed by atoms with Gasteiger partial charge in [-0.3, -0.25) is 0 Å². The molecule has 15 heavy (non-hydrogen) atoms. The predicted octanol–water partition coefficient (Wildman–Crippen LogP) is 2.79. The lowest BCUT2D eigenvalue weighted by atomic mass is 10.2. The maximum atomic E-state index is 13.2. The van der Waals surface area contributed by atoms with Crippen molar-refractivity contribution in [3.63, 3.8) is 0 Å². The van der Waals surface area contributed by atoms with Gasteiger partial charge in [0.15, 0.2) is 0 Å². The third-order valence-corrected chi connectivity index (χ3v) is 1.93. The minimum atomic E-state index is -0.238. The van der Waals surface area contributed by atoms with Gasteiger partial charge in [-0.1, -0.05) is 18.2 Å². The van der Waals surface area contributed by atoms with Crippen molar-refractivity contribution in [2.45, 2.75) is 0 Å². The van der Waals surface area contributed by atoms with Crippen molar-refractivity contribution >= 4 is 12.2 Å². The van der Waals surface area contributed by atoms with Gasteiger partial charge in [-0.15, -0.1) is 0 Å². The third-order valence-electron chi connectivity index (χ3n) is 1.93. The molecule has 0 bridgehead atoms. The zero-order valence-electron chi connectivity index (χ0n) is 7.97. The minimum absolute atomic E-state index is 0.238. The first-order valence-electron chi connectivity index (χ1n) is 4.56. The van der Waals surface area contributed by atoms with Gasteiger partial charge in [0, 0.05) is 11.8 Å². The minimum Gasteiger partial charge on any atom is -0.206 e. The number of nitrogens with zero attached hydrogens (tertiary/aromatic N) is 2. The number of hydrogen-bond donors (Lipinski definition) is 0. The molecule has 74 valence electrons. The zero-order valence-corrected chi connectivity index (χ0v) is 7.97. The molecule has 0 spiro atoms. The van der Waals surface area contributed by atoms with Gasteiger partial charge in [0.1, 0.15) is 5.82 Å². The van der Waals surface area contributed by atoms with Crippen LogP contribution in [0.15, 0.2) is 42.6 Å². The Kier molecular flexibility index (Phi) is 2.83. The first-order valence-corrected chi connectivity index (χ1v) is 4.56. The van der Waals surface area contributed by atoms with E-state index in [1.165, 1.54) is 6.07 Å². The van der Waals surface area contributed by atoms with Gasteiger partial charge in [0.25, 0.3) is 0 Å². The highest BCUT2D eigenvalue weighted by molar-refractivity contribution is 5.67. The highest BCUT2D eigenvalue weighted by Gasteiger charge is 1.95. The quantitative estimate of drug-likeness (QED) is 0.744. The van der Waals surface area contributed by atoms with Crippen molar-refractivity contribution in [2.75, 3.05) is 0 Å². The molecule has 0 radical (unpaired) electrons. The summed E-state index contributed by atoms with van der Waals surface area (Å²) in [6, 6.07) is 10.2. The van der Waals surface area contributed by atoms with Gasteiger partial charge in [0.05, 0.1) is 5.69 Å². The summed E-state index contributed by atoms with van der Waals surface area (Å²) in [5.41, 5.74) is 1.25. The van der Waals surface area contributed by atoms with E-state index >= 15 is 0 Å². The maximum Gasteiger partial charge on any atom is 0.130 e. The van der Waals surface area contributed by atoms with Crippen LogP contribution in [0.2, 0.25) is 0 Å². The monoisotopic (exact) mass is 200 g/mol. The molecule has 1 heterocycles. The fraction of sp³-hybridized carbons (Fsp3) is 0. The molecule has 0 fully saturated rings. The Labute approximate surface area is 87.1 Å². The molecule has 0 atom stereocenters. The molecule has 0 amide bonds. The Balaban J connectivity index is 2.23. The third kappa shape index (κ3) is 2.47. The Morgan fingerprint density at radius 3 is 2.60 bits per heavy atom. The predicted molar refractivity (Wildman–Crippen MR) is 57.4 cm³/mol. The van der Waals surface area contributed by atoms with Crippen molar-refractivity contribution in [1.82, 2.24) is 10.2 Å². The van der Waals surface area contributed by atoms with Gasteiger partial charge in [-0.05, 0) is 30.4 Å². The molecular formula is C12H9FN2. The first-order chi connectivity index (χ1) is 7.36. The molecule has 3 heteroatoms. The van der Waals surface area contributed by atoms with E-state index in [0.717, 1.165) is 0 Å². The number of halogens is 1. The Morgan fingerprint density at radius 2 is 1.87 bits per heavy atom. The SMILES string of the molecule is Fc1ccccc1/C=C/c1cccnn1. The molecule has 0 aliphatic rings. The average Bonchev–Trinajstić information content (AvgIpc) is 2.29. The summed E-state index contributed by atoms with van der Waals surface area (Å²) >= 11 is 0. The number of hydrogen-bond acceptors (Lipinski definition) is 2. The molecule has 1 aromatic heterocycles. The largest absolute Gasteiger partial charge is 0.206 e. The van der Waals surface area contributed by atoms with Crippen molar-refractivity contribution in [1.29, 1.82) is 0 Å².